The quantitative estimate of drug-likeness (QED) is 0.493. The van der Waals surface area contributed by atoms with E-state index in [1.807, 2.05) is 38.4 Å². The molecule has 24 heavy (non-hydrogen) atoms. The Morgan fingerprint density at radius 3 is 2.71 bits per heavy atom. The van der Waals surface area contributed by atoms with Crippen LogP contribution in [0.2, 0.25) is 0 Å². The fraction of sp³-hybridized carbons (Fsp3) is 0.526. The highest BCUT2D eigenvalue weighted by Crippen LogP contribution is 2.32. The molecule has 1 aromatic rings. The molecule has 0 bridgehead atoms. The number of rotatable bonds is 9. The normalized spacial score (nSPS) is 14.0. The summed E-state index contributed by atoms with van der Waals surface area (Å²) in [5.74, 6) is 1.78. The van der Waals surface area contributed by atoms with Gasteiger partial charge in [0.25, 0.3) is 0 Å². The van der Waals surface area contributed by atoms with E-state index in [4.69, 9.17) is 9.47 Å². The summed E-state index contributed by atoms with van der Waals surface area (Å²) in [4.78, 5) is 14.6. The molecule has 0 amide bonds. The maximum Gasteiger partial charge on any atom is 0.231 e. The number of hydrogen-bond donors (Lipinski definition) is 0. The summed E-state index contributed by atoms with van der Waals surface area (Å²) in [7, 11) is 4.03. The number of nitrogens with zero attached hydrogens (tertiary/aromatic N) is 1. The van der Waals surface area contributed by atoms with Crippen molar-refractivity contribution in [3.05, 3.63) is 29.8 Å². The van der Waals surface area contributed by atoms with E-state index in [-0.39, 0.29) is 30.9 Å². The van der Waals surface area contributed by atoms with Crippen molar-refractivity contribution in [2.75, 3.05) is 27.4 Å². The SMILES string of the molecule is CCCCCC(CN(C)C)C(=O)C=Cc1ccc2c(c1)OCO2.Cl. The van der Waals surface area contributed by atoms with Crippen LogP contribution in [0.5, 0.6) is 11.5 Å². The van der Waals surface area contributed by atoms with E-state index in [1.165, 1.54) is 12.8 Å². The largest absolute Gasteiger partial charge is 0.454 e. The molecule has 1 aliphatic rings. The molecule has 0 saturated carbocycles. The van der Waals surface area contributed by atoms with Crippen molar-refractivity contribution >= 4 is 24.3 Å². The lowest BCUT2D eigenvalue weighted by molar-refractivity contribution is -0.118. The summed E-state index contributed by atoms with van der Waals surface area (Å²) in [5.41, 5.74) is 0.958. The van der Waals surface area contributed by atoms with Crippen molar-refractivity contribution in [3.8, 4) is 11.5 Å². The number of allylic oxidation sites excluding steroid dienone is 1. The van der Waals surface area contributed by atoms with Gasteiger partial charge in [-0.05, 0) is 44.3 Å². The predicted octanol–water partition coefficient (Wildman–Crippen LogP) is 4.18. The molecule has 1 aromatic carbocycles. The van der Waals surface area contributed by atoms with Crippen LogP contribution in [0, 0.1) is 5.92 Å². The van der Waals surface area contributed by atoms with Gasteiger partial charge in [-0.2, -0.15) is 0 Å². The Hall–Kier alpha value is -1.52. The number of carbonyl (C=O) groups is 1. The van der Waals surface area contributed by atoms with E-state index < -0.39 is 0 Å². The zero-order valence-electron chi connectivity index (χ0n) is 14.8. The molecule has 0 fully saturated rings. The van der Waals surface area contributed by atoms with Crippen molar-refractivity contribution in [2.45, 2.75) is 32.6 Å². The lowest BCUT2D eigenvalue weighted by Gasteiger charge is -2.18. The molecule has 4 nitrogen and oxygen atoms in total. The van der Waals surface area contributed by atoms with Crippen molar-refractivity contribution in [2.24, 2.45) is 5.92 Å². The van der Waals surface area contributed by atoms with Crippen LogP contribution in [0.3, 0.4) is 0 Å². The summed E-state index contributed by atoms with van der Waals surface area (Å²) < 4.78 is 10.7. The van der Waals surface area contributed by atoms with Gasteiger partial charge in [0.2, 0.25) is 6.79 Å². The second kappa shape index (κ2) is 10.4. The van der Waals surface area contributed by atoms with Gasteiger partial charge >= 0.3 is 0 Å². The summed E-state index contributed by atoms with van der Waals surface area (Å²) in [6.07, 6.45) is 8.00. The molecule has 2 rings (SSSR count). The maximum atomic E-state index is 12.5. The molecular formula is C19H28ClNO3. The molecule has 1 heterocycles. The number of ether oxygens (including phenoxy) is 2. The third-order valence-corrected chi connectivity index (χ3v) is 3.98. The minimum atomic E-state index is 0. The Kier molecular flexibility index (Phi) is 8.87. The zero-order chi connectivity index (χ0) is 16.7. The van der Waals surface area contributed by atoms with Crippen LogP contribution < -0.4 is 9.47 Å². The van der Waals surface area contributed by atoms with Crippen LogP contribution in [-0.4, -0.2) is 38.1 Å². The third-order valence-electron chi connectivity index (χ3n) is 3.98. The van der Waals surface area contributed by atoms with Gasteiger partial charge in [0, 0.05) is 12.5 Å². The average molecular weight is 354 g/mol. The molecular weight excluding hydrogens is 326 g/mol. The van der Waals surface area contributed by atoms with E-state index in [0.717, 1.165) is 36.4 Å². The van der Waals surface area contributed by atoms with Crippen molar-refractivity contribution in [1.82, 2.24) is 4.90 Å². The summed E-state index contributed by atoms with van der Waals surface area (Å²) >= 11 is 0. The average Bonchev–Trinajstić information content (AvgIpc) is 2.99. The van der Waals surface area contributed by atoms with Gasteiger partial charge < -0.3 is 14.4 Å². The van der Waals surface area contributed by atoms with Gasteiger partial charge in [0.1, 0.15) is 0 Å². The van der Waals surface area contributed by atoms with E-state index in [2.05, 4.69) is 11.8 Å². The molecule has 5 heteroatoms. The third kappa shape index (κ3) is 6.17. The summed E-state index contributed by atoms with van der Waals surface area (Å²) in [6, 6.07) is 5.73. The first-order valence-electron chi connectivity index (χ1n) is 8.36. The lowest BCUT2D eigenvalue weighted by Crippen LogP contribution is -2.27. The molecule has 0 aromatic heterocycles. The Morgan fingerprint density at radius 1 is 1.25 bits per heavy atom. The molecule has 1 atom stereocenters. The first kappa shape index (κ1) is 20.5. The van der Waals surface area contributed by atoms with Gasteiger partial charge in [0.05, 0.1) is 0 Å². The number of hydrogen-bond acceptors (Lipinski definition) is 4. The fourth-order valence-corrected chi connectivity index (χ4v) is 2.74. The number of benzene rings is 1. The number of ketones is 1. The van der Waals surface area contributed by atoms with E-state index >= 15 is 0 Å². The van der Waals surface area contributed by atoms with Crippen LogP contribution >= 0.6 is 12.4 Å². The first-order chi connectivity index (χ1) is 11.1. The van der Waals surface area contributed by atoms with Crippen LogP contribution in [0.1, 0.15) is 38.2 Å². The monoisotopic (exact) mass is 353 g/mol. The van der Waals surface area contributed by atoms with E-state index in [1.54, 1.807) is 6.08 Å². The Bertz CT molecular complexity index is 558. The van der Waals surface area contributed by atoms with Gasteiger partial charge in [-0.1, -0.05) is 38.3 Å². The smallest absolute Gasteiger partial charge is 0.231 e. The standard InChI is InChI=1S/C19H27NO3.ClH/c1-4-5-6-7-16(13-20(2)3)17(21)10-8-15-9-11-18-19(12-15)23-14-22-18;/h8-12,16H,4-7,13-14H2,1-3H3;1H. The van der Waals surface area contributed by atoms with Crippen molar-refractivity contribution < 1.29 is 14.3 Å². The minimum absolute atomic E-state index is 0. The first-order valence-corrected chi connectivity index (χ1v) is 8.36. The molecule has 134 valence electrons. The second-order valence-electron chi connectivity index (χ2n) is 6.30. The van der Waals surface area contributed by atoms with Crippen molar-refractivity contribution in [1.29, 1.82) is 0 Å². The number of halogens is 1. The van der Waals surface area contributed by atoms with Crippen LogP contribution in [0.25, 0.3) is 6.08 Å². The Morgan fingerprint density at radius 2 is 2.00 bits per heavy atom. The van der Waals surface area contributed by atoms with E-state index in [0.29, 0.717) is 0 Å². The molecule has 0 radical (unpaired) electrons. The van der Waals surface area contributed by atoms with Crippen molar-refractivity contribution in [3.63, 3.8) is 0 Å². The van der Waals surface area contributed by atoms with E-state index in [9.17, 15) is 4.79 Å². The molecule has 1 unspecified atom stereocenters. The minimum Gasteiger partial charge on any atom is -0.454 e. The zero-order valence-corrected chi connectivity index (χ0v) is 15.6. The molecule has 0 aliphatic carbocycles. The Labute approximate surface area is 151 Å². The molecule has 0 spiro atoms. The van der Waals surface area contributed by atoms with Crippen LogP contribution in [0.15, 0.2) is 24.3 Å². The molecule has 0 saturated heterocycles. The molecule has 1 aliphatic heterocycles. The second-order valence-corrected chi connectivity index (χ2v) is 6.30. The van der Waals surface area contributed by atoms with Gasteiger partial charge in [-0.3, -0.25) is 4.79 Å². The fourth-order valence-electron chi connectivity index (χ4n) is 2.74. The summed E-state index contributed by atoms with van der Waals surface area (Å²) in [5, 5.41) is 0. The number of unbranched alkanes of at least 4 members (excludes halogenated alkanes) is 2. The highest BCUT2D eigenvalue weighted by atomic mass is 35.5. The lowest BCUT2D eigenvalue weighted by atomic mass is 9.95. The molecule has 0 N–H and O–H groups in total. The van der Waals surface area contributed by atoms with Gasteiger partial charge in [0.15, 0.2) is 17.3 Å². The number of carbonyl (C=O) groups excluding carboxylic acids is 1. The number of fused-ring (bicyclic) bond motifs is 1. The van der Waals surface area contributed by atoms with Crippen LogP contribution in [0.4, 0.5) is 0 Å². The predicted molar refractivity (Wildman–Crippen MR) is 100 cm³/mol. The summed E-state index contributed by atoms with van der Waals surface area (Å²) in [6.45, 7) is 3.25. The maximum absolute atomic E-state index is 12.5. The highest BCUT2D eigenvalue weighted by molar-refractivity contribution is 5.95. The topological polar surface area (TPSA) is 38.8 Å². The van der Waals surface area contributed by atoms with Crippen LogP contribution in [-0.2, 0) is 4.79 Å². The van der Waals surface area contributed by atoms with Gasteiger partial charge in [-0.15, -0.1) is 12.4 Å². The highest BCUT2D eigenvalue weighted by Gasteiger charge is 2.17. The Balaban J connectivity index is 0.00000288. The van der Waals surface area contributed by atoms with Gasteiger partial charge in [-0.25, -0.2) is 0 Å².